The first-order valence-electron chi connectivity index (χ1n) is 9.28. The molecule has 3 rings (SSSR count). The predicted octanol–water partition coefficient (Wildman–Crippen LogP) is 4.24. The van der Waals surface area contributed by atoms with Gasteiger partial charge in [-0.25, -0.2) is 8.42 Å². The first-order valence-corrected chi connectivity index (χ1v) is 10.9. The number of hydrogen-bond acceptors (Lipinski definition) is 4. The molecule has 0 spiro atoms. The smallest absolute Gasteiger partial charge is 0.218 e. The molecule has 0 N–H and O–H groups in total. The third-order valence-electron chi connectivity index (χ3n) is 4.62. The van der Waals surface area contributed by atoms with E-state index in [1.54, 1.807) is 14.2 Å². The van der Waals surface area contributed by atoms with Gasteiger partial charge in [-0.15, -0.1) is 0 Å². The van der Waals surface area contributed by atoms with E-state index >= 15 is 0 Å². The number of methoxy groups -OCH3 is 2. The second-order valence-electron chi connectivity index (χ2n) is 6.71. The van der Waals surface area contributed by atoms with Crippen LogP contribution < -0.4 is 9.47 Å². The van der Waals surface area contributed by atoms with Crippen LogP contribution >= 0.6 is 0 Å². The van der Waals surface area contributed by atoms with Crippen LogP contribution in [0.4, 0.5) is 0 Å². The van der Waals surface area contributed by atoms with E-state index in [0.29, 0.717) is 0 Å². The number of sulfonamides is 1. The van der Waals surface area contributed by atoms with Crippen LogP contribution in [0, 0.1) is 0 Å². The molecule has 0 fully saturated rings. The summed E-state index contributed by atoms with van der Waals surface area (Å²) in [6.45, 7) is 0.566. The van der Waals surface area contributed by atoms with Crippen LogP contribution in [0.5, 0.6) is 11.5 Å². The third kappa shape index (κ3) is 5.82. The van der Waals surface area contributed by atoms with Crippen molar-refractivity contribution >= 4 is 10.0 Å². The Balaban J connectivity index is 1.86. The van der Waals surface area contributed by atoms with Crippen molar-refractivity contribution in [1.29, 1.82) is 0 Å². The molecule has 3 aromatic rings. The first kappa shape index (κ1) is 20.9. The van der Waals surface area contributed by atoms with Gasteiger partial charge < -0.3 is 9.47 Å². The Kier molecular flexibility index (Phi) is 6.90. The fourth-order valence-corrected chi connectivity index (χ4v) is 4.49. The standard InChI is InChI=1S/C23H25NO4S/c1-27-22-12-8-19(9-13-22)16-24(17-20-10-14-23(28-2)15-11-20)29(25,26)18-21-6-4-3-5-7-21/h3-15H,16-18H2,1-2H3. The largest absolute Gasteiger partial charge is 0.497 e. The molecule has 0 bridgehead atoms. The van der Waals surface area contributed by atoms with Gasteiger partial charge in [0.25, 0.3) is 0 Å². The molecule has 6 heteroatoms. The van der Waals surface area contributed by atoms with Crippen LogP contribution in [0.3, 0.4) is 0 Å². The van der Waals surface area contributed by atoms with Crippen LogP contribution in [-0.4, -0.2) is 26.9 Å². The Morgan fingerprint density at radius 2 is 1.10 bits per heavy atom. The summed E-state index contributed by atoms with van der Waals surface area (Å²) < 4.78 is 38.4. The monoisotopic (exact) mass is 411 g/mol. The molecule has 0 atom stereocenters. The van der Waals surface area contributed by atoms with E-state index in [0.717, 1.165) is 28.2 Å². The molecule has 0 aliphatic rings. The third-order valence-corrected chi connectivity index (χ3v) is 6.36. The fourth-order valence-electron chi connectivity index (χ4n) is 3.00. The molecule has 0 aliphatic heterocycles. The molecule has 0 aliphatic carbocycles. The highest BCUT2D eigenvalue weighted by molar-refractivity contribution is 7.88. The molecular formula is C23H25NO4S. The summed E-state index contributed by atoms with van der Waals surface area (Å²) in [6.07, 6.45) is 0. The second-order valence-corrected chi connectivity index (χ2v) is 8.67. The highest BCUT2D eigenvalue weighted by Crippen LogP contribution is 2.21. The zero-order valence-corrected chi connectivity index (χ0v) is 17.4. The minimum Gasteiger partial charge on any atom is -0.497 e. The van der Waals surface area contributed by atoms with Gasteiger partial charge in [-0.05, 0) is 41.0 Å². The lowest BCUT2D eigenvalue weighted by molar-refractivity contribution is 0.397. The molecule has 0 aromatic heterocycles. The molecule has 0 amide bonds. The van der Waals surface area contributed by atoms with E-state index in [1.807, 2.05) is 78.9 Å². The maximum absolute atomic E-state index is 13.2. The summed E-state index contributed by atoms with van der Waals surface area (Å²) in [7, 11) is -0.319. The van der Waals surface area contributed by atoms with Gasteiger partial charge in [0.15, 0.2) is 0 Å². The van der Waals surface area contributed by atoms with Crippen molar-refractivity contribution in [2.45, 2.75) is 18.8 Å². The molecular weight excluding hydrogens is 386 g/mol. The van der Waals surface area contributed by atoms with Crippen molar-refractivity contribution < 1.29 is 17.9 Å². The molecule has 5 nitrogen and oxygen atoms in total. The number of hydrogen-bond donors (Lipinski definition) is 0. The van der Waals surface area contributed by atoms with Crippen molar-refractivity contribution in [1.82, 2.24) is 4.31 Å². The Labute approximate surface area is 172 Å². The van der Waals surface area contributed by atoms with Crippen LogP contribution in [0.15, 0.2) is 78.9 Å². The average molecular weight is 412 g/mol. The maximum atomic E-state index is 13.2. The van der Waals surface area contributed by atoms with E-state index in [1.165, 1.54) is 4.31 Å². The molecule has 29 heavy (non-hydrogen) atoms. The lowest BCUT2D eigenvalue weighted by Crippen LogP contribution is -2.31. The Morgan fingerprint density at radius 1 is 0.655 bits per heavy atom. The Hall–Kier alpha value is -2.83. The summed E-state index contributed by atoms with van der Waals surface area (Å²) in [5.41, 5.74) is 2.56. The summed E-state index contributed by atoms with van der Waals surface area (Å²) in [5, 5.41) is 0. The van der Waals surface area contributed by atoms with Gasteiger partial charge in [0.05, 0.1) is 20.0 Å². The van der Waals surface area contributed by atoms with Crippen molar-refractivity contribution in [3.63, 3.8) is 0 Å². The fraction of sp³-hybridized carbons (Fsp3) is 0.217. The van der Waals surface area contributed by atoms with E-state index in [4.69, 9.17) is 9.47 Å². The van der Waals surface area contributed by atoms with Crippen molar-refractivity contribution in [3.05, 3.63) is 95.6 Å². The number of nitrogens with zero attached hydrogens (tertiary/aromatic N) is 1. The van der Waals surface area contributed by atoms with Crippen LogP contribution in [-0.2, 0) is 28.9 Å². The molecule has 0 saturated heterocycles. The molecule has 0 radical (unpaired) electrons. The van der Waals surface area contributed by atoms with Crippen molar-refractivity contribution in [2.24, 2.45) is 0 Å². The second kappa shape index (κ2) is 9.58. The van der Waals surface area contributed by atoms with E-state index in [-0.39, 0.29) is 18.8 Å². The quantitative estimate of drug-likeness (QED) is 0.529. The molecule has 152 valence electrons. The number of benzene rings is 3. The summed E-state index contributed by atoms with van der Waals surface area (Å²) in [5.74, 6) is 1.44. The van der Waals surface area contributed by atoms with Gasteiger partial charge in [0.2, 0.25) is 10.0 Å². The van der Waals surface area contributed by atoms with Crippen LogP contribution in [0.25, 0.3) is 0 Å². The van der Waals surface area contributed by atoms with Gasteiger partial charge in [0.1, 0.15) is 11.5 Å². The van der Waals surface area contributed by atoms with E-state index in [2.05, 4.69) is 0 Å². The molecule has 3 aromatic carbocycles. The molecule has 0 unspecified atom stereocenters. The number of rotatable bonds is 9. The lowest BCUT2D eigenvalue weighted by atomic mass is 10.2. The van der Waals surface area contributed by atoms with Gasteiger partial charge in [-0.3, -0.25) is 0 Å². The molecule has 0 saturated carbocycles. The maximum Gasteiger partial charge on any atom is 0.218 e. The summed E-state index contributed by atoms with van der Waals surface area (Å²) in [4.78, 5) is 0. The minimum absolute atomic E-state index is 0.0415. The van der Waals surface area contributed by atoms with Gasteiger partial charge in [-0.2, -0.15) is 4.31 Å². The average Bonchev–Trinajstić information content (AvgIpc) is 2.74. The normalized spacial score (nSPS) is 11.4. The van der Waals surface area contributed by atoms with Crippen molar-refractivity contribution in [3.8, 4) is 11.5 Å². The van der Waals surface area contributed by atoms with E-state index < -0.39 is 10.0 Å². The molecule has 0 heterocycles. The highest BCUT2D eigenvalue weighted by atomic mass is 32.2. The zero-order chi connectivity index (χ0) is 20.7. The van der Waals surface area contributed by atoms with E-state index in [9.17, 15) is 8.42 Å². The van der Waals surface area contributed by atoms with Gasteiger partial charge >= 0.3 is 0 Å². The van der Waals surface area contributed by atoms with Crippen LogP contribution in [0.2, 0.25) is 0 Å². The summed E-state index contributed by atoms with van der Waals surface area (Å²) in [6, 6.07) is 24.1. The SMILES string of the molecule is COc1ccc(CN(Cc2ccc(OC)cc2)S(=O)(=O)Cc2ccccc2)cc1. The number of ether oxygens (including phenoxy) is 2. The zero-order valence-electron chi connectivity index (χ0n) is 16.6. The van der Waals surface area contributed by atoms with Crippen molar-refractivity contribution in [2.75, 3.05) is 14.2 Å². The Morgan fingerprint density at radius 3 is 1.52 bits per heavy atom. The minimum atomic E-state index is -3.53. The van der Waals surface area contributed by atoms with Crippen LogP contribution in [0.1, 0.15) is 16.7 Å². The first-order chi connectivity index (χ1) is 14.0. The van der Waals surface area contributed by atoms with Gasteiger partial charge in [0, 0.05) is 13.1 Å². The summed E-state index contributed by atoms with van der Waals surface area (Å²) >= 11 is 0. The Bertz CT molecular complexity index is 952. The van der Waals surface area contributed by atoms with Gasteiger partial charge in [-0.1, -0.05) is 54.6 Å². The topological polar surface area (TPSA) is 55.8 Å². The predicted molar refractivity (Wildman–Crippen MR) is 114 cm³/mol. The lowest BCUT2D eigenvalue weighted by Gasteiger charge is -2.23. The highest BCUT2D eigenvalue weighted by Gasteiger charge is 2.23.